The van der Waals surface area contributed by atoms with Crippen molar-refractivity contribution in [3.05, 3.63) is 48.6 Å². The number of morpholine rings is 1. The highest BCUT2D eigenvalue weighted by Crippen LogP contribution is 2.41. The number of pyridine rings is 2. The molecule has 0 spiro atoms. The van der Waals surface area contributed by atoms with Gasteiger partial charge >= 0.3 is 0 Å². The van der Waals surface area contributed by atoms with E-state index in [0.29, 0.717) is 122 Å². The number of likely N-dealkylation sites (N-methyl/N-ethyl adjacent to an activating group) is 2. The molecule has 15 heteroatoms. The number of aromatic hydroxyl groups is 1. The Bertz CT molecular complexity index is 2160. The van der Waals surface area contributed by atoms with Crippen LogP contribution in [-0.4, -0.2) is 171 Å². The Hall–Kier alpha value is -3.70. The highest BCUT2D eigenvalue weighted by molar-refractivity contribution is 6.18. The fraction of sp³-hybridized carbons (Fsp3) is 0.659. The zero-order valence-electron chi connectivity index (χ0n) is 33.3. The zero-order chi connectivity index (χ0) is 38.8. The van der Waals surface area contributed by atoms with Crippen molar-refractivity contribution >= 4 is 27.2 Å². The van der Waals surface area contributed by atoms with Gasteiger partial charge in [0, 0.05) is 120 Å². The van der Waals surface area contributed by atoms with E-state index < -0.39 is 0 Å². The molecular weight excluding hydrogens is 715 g/mol. The van der Waals surface area contributed by atoms with Crippen LogP contribution in [0.3, 0.4) is 0 Å². The number of aromatic nitrogens is 2. The Kier molecular flexibility index (Phi) is 12.2. The van der Waals surface area contributed by atoms with E-state index in [9.17, 15) is 19.5 Å². The second kappa shape index (κ2) is 17.4. The number of piperazine rings is 2. The number of anilines is 1. The molecule has 4 saturated heterocycles. The van der Waals surface area contributed by atoms with E-state index in [1.165, 1.54) is 9.13 Å². The lowest BCUT2D eigenvalue weighted by Gasteiger charge is -2.32. The summed E-state index contributed by atoms with van der Waals surface area (Å²) in [5.74, 6) is 0.206. The van der Waals surface area contributed by atoms with Crippen LogP contribution in [0.15, 0.2) is 31.5 Å². The van der Waals surface area contributed by atoms with Crippen molar-refractivity contribution in [1.29, 1.82) is 0 Å². The first-order chi connectivity index (χ1) is 27.3. The highest BCUT2D eigenvalue weighted by atomic mass is 16.5. The number of hydrogen-bond donors (Lipinski definition) is 2. The summed E-state index contributed by atoms with van der Waals surface area (Å²) in [7, 11) is 4.26. The number of rotatable bonds is 13. The van der Waals surface area contributed by atoms with Crippen molar-refractivity contribution in [1.82, 2.24) is 33.6 Å². The molecule has 0 bridgehead atoms. The third-order valence-corrected chi connectivity index (χ3v) is 12.6. The number of ether oxygens (including phenoxy) is 2. The van der Waals surface area contributed by atoms with E-state index in [-0.39, 0.29) is 29.1 Å². The molecule has 0 unspecified atom stereocenters. The molecule has 0 radical (unpaired) electrons. The minimum atomic E-state index is -0.385. The van der Waals surface area contributed by atoms with Crippen LogP contribution in [-0.2, 0) is 22.6 Å². The van der Waals surface area contributed by atoms with Crippen LogP contribution >= 0.6 is 0 Å². The average molecular weight is 774 g/mol. The lowest BCUT2D eigenvalue weighted by molar-refractivity contribution is 0.0390. The predicted octanol–water partition coefficient (Wildman–Crippen LogP) is 0.667. The fourth-order valence-corrected chi connectivity index (χ4v) is 9.00. The summed E-state index contributed by atoms with van der Waals surface area (Å²) in [5.41, 5.74) is 0.239. The molecule has 0 atom stereocenters. The number of hydrogen-bond acceptors (Lipinski definition) is 13. The van der Waals surface area contributed by atoms with Gasteiger partial charge < -0.3 is 39.5 Å². The Morgan fingerprint density at radius 2 is 1.27 bits per heavy atom. The summed E-state index contributed by atoms with van der Waals surface area (Å²) < 4.78 is 14.0. The Morgan fingerprint density at radius 1 is 0.679 bits per heavy atom. The zero-order valence-corrected chi connectivity index (χ0v) is 33.3. The van der Waals surface area contributed by atoms with Crippen molar-refractivity contribution in [3.8, 4) is 17.0 Å². The fourth-order valence-electron chi connectivity index (χ4n) is 9.00. The second-order valence-corrected chi connectivity index (χ2v) is 16.4. The summed E-state index contributed by atoms with van der Waals surface area (Å²) in [5, 5.41) is 17.7. The van der Waals surface area contributed by atoms with Crippen LogP contribution < -0.4 is 27.4 Å². The van der Waals surface area contributed by atoms with Crippen LogP contribution in [0, 0.1) is 5.92 Å². The van der Waals surface area contributed by atoms with Gasteiger partial charge in [0.2, 0.25) is 5.88 Å². The van der Waals surface area contributed by atoms with Gasteiger partial charge in [0.15, 0.2) is 0 Å². The topological polar surface area (TPSA) is 140 Å². The third kappa shape index (κ3) is 8.17. The molecule has 0 amide bonds. The normalized spacial score (nSPS) is 21.0. The monoisotopic (exact) mass is 773 g/mol. The first-order valence-electron chi connectivity index (χ1n) is 20.8. The van der Waals surface area contributed by atoms with Gasteiger partial charge in [0.1, 0.15) is 0 Å². The smallest absolute Gasteiger partial charge is 0.263 e. The van der Waals surface area contributed by atoms with Gasteiger partial charge in [-0.1, -0.05) is 0 Å². The molecule has 1 aliphatic carbocycles. The molecule has 15 nitrogen and oxygen atoms in total. The molecule has 5 aliphatic heterocycles. The number of nitrogens with one attached hydrogen (secondary N) is 1. The largest absolute Gasteiger partial charge is 0.494 e. The molecule has 304 valence electrons. The van der Waals surface area contributed by atoms with Crippen molar-refractivity contribution in [2.24, 2.45) is 10.9 Å². The van der Waals surface area contributed by atoms with E-state index >= 15 is 0 Å². The van der Waals surface area contributed by atoms with Gasteiger partial charge in [-0.25, -0.2) is 0 Å². The van der Waals surface area contributed by atoms with E-state index in [4.69, 9.17) is 14.5 Å². The van der Waals surface area contributed by atoms with E-state index in [1.54, 1.807) is 6.07 Å². The lowest BCUT2D eigenvalue weighted by Crippen LogP contribution is -2.45. The van der Waals surface area contributed by atoms with Crippen molar-refractivity contribution in [3.63, 3.8) is 0 Å². The number of nitrogens with zero attached hydrogens (tertiary/aromatic N) is 8. The molecule has 2 aromatic rings. The SMILES string of the molecule is CN1CCN(CCCn2c(O)c3cc(NCC4CCOCC4)c4c5c3c(c(=NCN3CCOCC3)cc-5c(=O)n(CCCN3CCN(C)CC3)c4=O)c2=O)CC1. The minimum absolute atomic E-state index is 0.146. The van der Waals surface area contributed by atoms with Crippen molar-refractivity contribution in [2.45, 2.75) is 38.8 Å². The molecule has 6 heterocycles. The van der Waals surface area contributed by atoms with Crippen LogP contribution in [0.4, 0.5) is 5.69 Å². The molecule has 4 fully saturated rings. The summed E-state index contributed by atoms with van der Waals surface area (Å²) in [6, 6.07) is 3.57. The molecule has 56 heavy (non-hydrogen) atoms. The van der Waals surface area contributed by atoms with E-state index in [0.717, 1.165) is 78.3 Å². The quantitative estimate of drug-likeness (QED) is 0.185. The molecule has 8 rings (SSSR count). The maximum absolute atomic E-state index is 14.7. The van der Waals surface area contributed by atoms with Crippen molar-refractivity contribution < 1.29 is 14.6 Å². The maximum Gasteiger partial charge on any atom is 0.263 e. The van der Waals surface area contributed by atoms with Crippen LogP contribution in [0.2, 0.25) is 0 Å². The van der Waals surface area contributed by atoms with Gasteiger partial charge in [-0.05, 0) is 70.9 Å². The first-order valence-corrected chi connectivity index (χ1v) is 20.8. The summed E-state index contributed by atoms with van der Waals surface area (Å²) in [4.78, 5) is 60.6. The molecule has 1 aromatic carbocycles. The maximum atomic E-state index is 14.7. The van der Waals surface area contributed by atoms with Gasteiger partial charge in [-0.3, -0.25) is 33.4 Å². The summed E-state index contributed by atoms with van der Waals surface area (Å²) >= 11 is 0. The van der Waals surface area contributed by atoms with Gasteiger partial charge in [0.05, 0.1) is 41.6 Å². The van der Waals surface area contributed by atoms with Crippen LogP contribution in [0.5, 0.6) is 5.88 Å². The standard InChI is InChI=1S/C41H59N9O6/c1-44-11-15-46(16-12-44)7-3-9-49-39(52)31-26-33(43-28-48-19-23-56-24-20-48)37-35-30(38(51)50(41(37)54)10-4-8-47-17-13-45(2)14-18-47)25-32(36(34(31)35)40(49)53)42-27-29-5-21-55-22-6-29/h25-26,29,42,51H,3-24,27-28H2,1-2H3. The lowest BCUT2D eigenvalue weighted by atomic mass is 9.89. The second-order valence-electron chi connectivity index (χ2n) is 16.4. The van der Waals surface area contributed by atoms with Gasteiger partial charge in [-0.2, -0.15) is 0 Å². The van der Waals surface area contributed by atoms with Gasteiger partial charge in [0.25, 0.3) is 16.7 Å². The first kappa shape index (κ1) is 39.1. The predicted molar refractivity (Wildman–Crippen MR) is 219 cm³/mol. The Balaban J connectivity index is 1.26. The van der Waals surface area contributed by atoms with Gasteiger partial charge in [-0.15, -0.1) is 0 Å². The number of benzene rings is 2. The molecule has 0 saturated carbocycles. The molecular formula is C41H59N9O6. The average Bonchev–Trinajstić information content (AvgIpc) is 3.22. The Labute approximate surface area is 327 Å². The van der Waals surface area contributed by atoms with E-state index in [1.807, 2.05) is 6.07 Å². The summed E-state index contributed by atoms with van der Waals surface area (Å²) in [6.07, 6.45) is 3.16. The Morgan fingerprint density at radius 3 is 1.91 bits per heavy atom. The van der Waals surface area contributed by atoms with Crippen LogP contribution in [0.25, 0.3) is 32.7 Å². The highest BCUT2D eigenvalue weighted by Gasteiger charge is 2.30. The van der Waals surface area contributed by atoms with Crippen LogP contribution in [0.1, 0.15) is 25.7 Å². The van der Waals surface area contributed by atoms with Crippen molar-refractivity contribution in [2.75, 3.05) is 138 Å². The molecule has 6 aliphatic rings. The summed E-state index contributed by atoms with van der Waals surface area (Å²) in [6.45, 7) is 15.1. The third-order valence-electron chi connectivity index (χ3n) is 12.6. The van der Waals surface area contributed by atoms with E-state index in [2.05, 4.69) is 43.9 Å². The minimum Gasteiger partial charge on any atom is -0.494 e. The molecule has 2 N–H and O–H groups in total. The molecule has 1 aromatic heterocycles.